The van der Waals surface area contributed by atoms with Gasteiger partial charge in [-0.15, -0.1) is 0 Å². The molecule has 0 amide bonds. The topological polar surface area (TPSA) is 9.23 Å². The molecule has 0 aromatic carbocycles. The molecule has 0 saturated carbocycles. The summed E-state index contributed by atoms with van der Waals surface area (Å²) >= 11 is -1.85. The molecule has 0 spiro atoms. The fraction of sp³-hybridized carbons (Fsp3) is 0.333. The van der Waals surface area contributed by atoms with Gasteiger partial charge in [0.05, 0.1) is 0 Å². The number of allylic oxidation sites excluding steroid dienone is 8. The summed E-state index contributed by atoms with van der Waals surface area (Å²) < 4.78 is 9.16. The molecule has 0 atom stereocenters. The van der Waals surface area contributed by atoms with Crippen LogP contribution in [0.2, 0.25) is 0 Å². The van der Waals surface area contributed by atoms with Gasteiger partial charge in [0.15, 0.2) is 0 Å². The van der Waals surface area contributed by atoms with Crippen molar-refractivity contribution >= 4 is 0 Å². The molecule has 0 aromatic rings. The van der Waals surface area contributed by atoms with E-state index in [1.807, 2.05) is 0 Å². The molecule has 1 nitrogen and oxygen atoms in total. The van der Waals surface area contributed by atoms with Gasteiger partial charge in [-0.1, -0.05) is 0 Å². The molecular formula is C12H15OZr. The number of rotatable bonds is 4. The summed E-state index contributed by atoms with van der Waals surface area (Å²) in [5.74, 6) is 0. The second kappa shape index (κ2) is 5.04. The van der Waals surface area contributed by atoms with Crippen molar-refractivity contribution in [1.82, 2.24) is 0 Å². The van der Waals surface area contributed by atoms with E-state index in [1.54, 1.807) is 6.56 Å². The van der Waals surface area contributed by atoms with Gasteiger partial charge in [-0.2, -0.15) is 0 Å². The van der Waals surface area contributed by atoms with Gasteiger partial charge in [0, 0.05) is 0 Å². The third-order valence-corrected chi connectivity index (χ3v) is 8.52. The van der Waals surface area contributed by atoms with E-state index in [9.17, 15) is 0 Å². The van der Waals surface area contributed by atoms with Gasteiger partial charge < -0.3 is 0 Å². The van der Waals surface area contributed by atoms with Crippen molar-refractivity contribution in [3.05, 3.63) is 43.0 Å². The summed E-state index contributed by atoms with van der Waals surface area (Å²) in [5, 5.41) is 0. The first-order chi connectivity index (χ1) is 6.92. The molecule has 0 fully saturated rings. The van der Waals surface area contributed by atoms with E-state index in [4.69, 9.17) is 2.81 Å². The molecule has 2 heteroatoms. The standard InChI is InChI=1S/2C5H5.C2H5O.Zr/c2*1-2-4-5-3-1;1-2-3;/h2*1-3H,4H2;2H2,1H3;/q;;-1;+1. The summed E-state index contributed by atoms with van der Waals surface area (Å²) in [4.78, 5) is 0. The molecule has 73 valence electrons. The van der Waals surface area contributed by atoms with Crippen molar-refractivity contribution < 1.29 is 25.0 Å². The Kier molecular flexibility index (Phi) is 3.72. The zero-order chi connectivity index (χ0) is 9.80. The zero-order valence-corrected chi connectivity index (χ0v) is 11.0. The Morgan fingerprint density at radius 1 is 1.14 bits per heavy atom. The van der Waals surface area contributed by atoms with Crippen molar-refractivity contribution in [2.45, 2.75) is 19.8 Å². The molecule has 0 unspecified atom stereocenters. The number of hydrogen-bond donors (Lipinski definition) is 0. The van der Waals surface area contributed by atoms with E-state index >= 15 is 0 Å². The van der Waals surface area contributed by atoms with E-state index in [0.717, 1.165) is 19.4 Å². The van der Waals surface area contributed by atoms with E-state index in [1.165, 1.54) is 0 Å². The van der Waals surface area contributed by atoms with Crippen LogP contribution < -0.4 is 0 Å². The van der Waals surface area contributed by atoms with Crippen molar-refractivity contribution in [3.63, 3.8) is 0 Å². The predicted molar refractivity (Wildman–Crippen MR) is 55.3 cm³/mol. The van der Waals surface area contributed by atoms with Gasteiger partial charge in [0.1, 0.15) is 0 Å². The normalized spacial score (nSPS) is 18.6. The molecule has 0 aromatic heterocycles. The fourth-order valence-electron chi connectivity index (χ4n) is 1.77. The Labute approximate surface area is 94.1 Å². The summed E-state index contributed by atoms with van der Waals surface area (Å²) in [7, 11) is 0. The van der Waals surface area contributed by atoms with Gasteiger partial charge >= 0.3 is 94.4 Å². The molecule has 14 heavy (non-hydrogen) atoms. The average Bonchev–Trinajstić information content (AvgIpc) is 2.87. The average molecular weight is 266 g/mol. The second-order valence-corrected chi connectivity index (χ2v) is 8.90. The summed E-state index contributed by atoms with van der Waals surface area (Å²) in [5.41, 5.74) is 0. The molecule has 0 radical (unpaired) electrons. The van der Waals surface area contributed by atoms with Crippen LogP contribution in [-0.4, -0.2) is 6.61 Å². The van der Waals surface area contributed by atoms with Gasteiger partial charge in [0.2, 0.25) is 0 Å². The van der Waals surface area contributed by atoms with Crippen molar-refractivity contribution in [3.8, 4) is 0 Å². The third kappa shape index (κ3) is 2.24. The first-order valence-electron chi connectivity index (χ1n) is 5.13. The van der Waals surface area contributed by atoms with Crippen molar-refractivity contribution in [2.24, 2.45) is 0 Å². The molecule has 0 aliphatic heterocycles. The molecule has 2 aliphatic rings. The van der Waals surface area contributed by atoms with Crippen LogP contribution in [-0.2, 0) is 25.0 Å². The van der Waals surface area contributed by atoms with Crippen LogP contribution in [0, 0.1) is 0 Å². The fourth-order valence-corrected chi connectivity index (χ4v) is 7.11. The molecule has 0 saturated heterocycles. The van der Waals surface area contributed by atoms with Crippen LogP contribution in [0.1, 0.15) is 19.8 Å². The Morgan fingerprint density at radius 3 is 2.07 bits per heavy atom. The first kappa shape index (κ1) is 10.3. The van der Waals surface area contributed by atoms with E-state index in [2.05, 4.69) is 43.4 Å². The van der Waals surface area contributed by atoms with Crippen LogP contribution in [0.15, 0.2) is 43.0 Å². The van der Waals surface area contributed by atoms with Crippen LogP contribution in [0.25, 0.3) is 0 Å². The van der Waals surface area contributed by atoms with Crippen LogP contribution in [0.5, 0.6) is 0 Å². The van der Waals surface area contributed by atoms with Crippen LogP contribution in [0.3, 0.4) is 0 Å². The maximum atomic E-state index is 5.99. The third-order valence-electron chi connectivity index (χ3n) is 2.41. The van der Waals surface area contributed by atoms with Crippen LogP contribution >= 0.6 is 0 Å². The summed E-state index contributed by atoms with van der Waals surface area (Å²) in [6, 6.07) is 0. The monoisotopic (exact) mass is 265 g/mol. The molecule has 0 heterocycles. The molecule has 0 N–H and O–H groups in total. The zero-order valence-electron chi connectivity index (χ0n) is 8.49. The van der Waals surface area contributed by atoms with Gasteiger partial charge in [0.25, 0.3) is 0 Å². The Hall–Kier alpha value is -0.197. The van der Waals surface area contributed by atoms with E-state index in [-0.39, 0.29) is 0 Å². The van der Waals surface area contributed by atoms with Gasteiger partial charge in [-0.05, 0) is 0 Å². The summed E-state index contributed by atoms with van der Waals surface area (Å²) in [6.45, 7) is 2.97. The minimum atomic E-state index is -1.85. The number of hydrogen-bond acceptors (Lipinski definition) is 1. The van der Waals surface area contributed by atoms with E-state index in [0.29, 0.717) is 0 Å². The SMILES string of the molecule is CC[O][Zr]([C]1=CC=CC1)[C]1=CC=CC1. The van der Waals surface area contributed by atoms with Crippen molar-refractivity contribution in [1.29, 1.82) is 0 Å². The predicted octanol–water partition coefficient (Wildman–Crippen LogP) is 3.24. The minimum absolute atomic E-state index is 0.865. The Bertz CT molecular complexity index is 293. The maximum absolute atomic E-state index is 5.99. The molecule has 2 rings (SSSR count). The quantitative estimate of drug-likeness (QED) is 0.759. The summed E-state index contributed by atoms with van der Waals surface area (Å²) in [6.07, 6.45) is 15.6. The van der Waals surface area contributed by atoms with E-state index < -0.39 is 22.2 Å². The Balaban J connectivity index is 2.07. The first-order valence-corrected chi connectivity index (χ1v) is 8.60. The second-order valence-electron chi connectivity index (χ2n) is 3.41. The van der Waals surface area contributed by atoms with Gasteiger partial charge in [-0.25, -0.2) is 0 Å². The molecular weight excluding hydrogens is 251 g/mol. The van der Waals surface area contributed by atoms with Gasteiger partial charge in [-0.3, -0.25) is 0 Å². The Morgan fingerprint density at radius 2 is 1.71 bits per heavy atom. The van der Waals surface area contributed by atoms with Crippen LogP contribution in [0.4, 0.5) is 0 Å². The van der Waals surface area contributed by atoms with Crippen molar-refractivity contribution in [2.75, 3.05) is 6.61 Å². The molecule has 0 bridgehead atoms. The molecule has 2 aliphatic carbocycles.